The van der Waals surface area contributed by atoms with Gasteiger partial charge in [0.2, 0.25) is 17.8 Å². The Hall–Kier alpha value is -3.92. The van der Waals surface area contributed by atoms with Crippen LogP contribution in [0.25, 0.3) is 0 Å². The third-order valence-electron chi connectivity index (χ3n) is 5.24. The van der Waals surface area contributed by atoms with Crippen LogP contribution in [0.5, 0.6) is 5.75 Å². The maximum absolute atomic E-state index is 12.7. The molecule has 0 radical (unpaired) electrons. The van der Waals surface area contributed by atoms with E-state index in [0.717, 1.165) is 11.3 Å². The monoisotopic (exact) mass is 482 g/mol. The van der Waals surface area contributed by atoms with Crippen molar-refractivity contribution in [3.8, 4) is 5.75 Å². The van der Waals surface area contributed by atoms with Crippen molar-refractivity contribution in [2.24, 2.45) is 5.92 Å². The number of ether oxygens (including phenoxy) is 2. The number of aromatic nitrogens is 3. The summed E-state index contributed by atoms with van der Waals surface area (Å²) in [5, 5.41) is 3.50. The van der Waals surface area contributed by atoms with Crippen LogP contribution in [0.3, 0.4) is 0 Å². The number of amides is 1. The molecule has 11 heteroatoms. The molecule has 1 saturated heterocycles. The van der Waals surface area contributed by atoms with E-state index in [2.05, 4.69) is 20.3 Å². The van der Waals surface area contributed by atoms with Gasteiger partial charge in [0.05, 0.1) is 18.7 Å². The Morgan fingerprint density at radius 1 is 1.21 bits per heavy atom. The van der Waals surface area contributed by atoms with Crippen LogP contribution in [0.1, 0.15) is 17.8 Å². The Morgan fingerprint density at radius 3 is 2.71 bits per heavy atom. The number of carbonyl (C=O) groups excluding carboxylic acids is 2. The SMILES string of the molecule is COc1ccc(Cl)cc1N1C[C@@H](C(=O)OCc2nc(N)nc(Nc3ccc(C)cc3)n2)CC1=O. The van der Waals surface area contributed by atoms with Crippen molar-refractivity contribution in [1.82, 2.24) is 15.0 Å². The van der Waals surface area contributed by atoms with E-state index in [4.69, 9.17) is 26.8 Å². The molecule has 3 aromatic rings. The molecule has 3 N–H and O–H groups in total. The van der Waals surface area contributed by atoms with E-state index >= 15 is 0 Å². The highest BCUT2D eigenvalue weighted by molar-refractivity contribution is 6.31. The van der Waals surface area contributed by atoms with E-state index in [9.17, 15) is 9.59 Å². The number of hydrogen-bond acceptors (Lipinski definition) is 9. The van der Waals surface area contributed by atoms with Gasteiger partial charge in [0, 0.05) is 23.7 Å². The molecular formula is C23H23ClN6O4. The van der Waals surface area contributed by atoms with Gasteiger partial charge in [-0.2, -0.15) is 15.0 Å². The van der Waals surface area contributed by atoms with Gasteiger partial charge in [0.1, 0.15) is 5.75 Å². The third kappa shape index (κ3) is 5.34. The minimum absolute atomic E-state index is 0.00801. The van der Waals surface area contributed by atoms with Crippen LogP contribution in [-0.2, 0) is 20.9 Å². The van der Waals surface area contributed by atoms with Crippen LogP contribution >= 0.6 is 11.6 Å². The van der Waals surface area contributed by atoms with Crippen molar-refractivity contribution in [2.75, 3.05) is 29.6 Å². The van der Waals surface area contributed by atoms with E-state index < -0.39 is 11.9 Å². The van der Waals surface area contributed by atoms with Crippen molar-refractivity contribution in [1.29, 1.82) is 0 Å². The molecule has 1 aliphatic heterocycles. The number of methoxy groups -OCH3 is 1. The van der Waals surface area contributed by atoms with E-state index in [1.807, 2.05) is 31.2 Å². The minimum atomic E-state index is -0.652. The zero-order chi connectivity index (χ0) is 24.2. The number of esters is 1. The minimum Gasteiger partial charge on any atom is -0.495 e. The molecule has 0 spiro atoms. The summed E-state index contributed by atoms with van der Waals surface area (Å²) >= 11 is 6.08. The van der Waals surface area contributed by atoms with Crippen LogP contribution in [0, 0.1) is 12.8 Å². The lowest BCUT2D eigenvalue weighted by atomic mass is 10.1. The maximum atomic E-state index is 12.7. The summed E-state index contributed by atoms with van der Waals surface area (Å²) in [6, 6.07) is 12.6. The van der Waals surface area contributed by atoms with Gasteiger partial charge in [-0.1, -0.05) is 29.3 Å². The van der Waals surface area contributed by atoms with E-state index in [1.54, 1.807) is 18.2 Å². The smallest absolute Gasteiger partial charge is 0.311 e. The molecule has 176 valence electrons. The number of benzene rings is 2. The first kappa shape index (κ1) is 23.2. The van der Waals surface area contributed by atoms with E-state index in [-0.39, 0.29) is 43.2 Å². The first-order chi connectivity index (χ1) is 16.3. The number of nitrogens with zero attached hydrogens (tertiary/aromatic N) is 4. The highest BCUT2D eigenvalue weighted by Gasteiger charge is 2.37. The molecular weight excluding hydrogens is 460 g/mol. The lowest BCUT2D eigenvalue weighted by molar-refractivity contribution is -0.149. The van der Waals surface area contributed by atoms with Crippen molar-refractivity contribution in [3.63, 3.8) is 0 Å². The summed E-state index contributed by atoms with van der Waals surface area (Å²) < 4.78 is 10.7. The van der Waals surface area contributed by atoms with E-state index in [1.165, 1.54) is 12.0 Å². The third-order valence-corrected chi connectivity index (χ3v) is 5.48. The normalized spacial score (nSPS) is 15.3. The summed E-state index contributed by atoms with van der Waals surface area (Å²) in [7, 11) is 1.50. The average molecular weight is 483 g/mol. The van der Waals surface area contributed by atoms with Gasteiger partial charge < -0.3 is 25.4 Å². The summed E-state index contributed by atoms with van der Waals surface area (Å²) in [6.45, 7) is 1.92. The largest absolute Gasteiger partial charge is 0.495 e. The Morgan fingerprint density at radius 2 is 1.97 bits per heavy atom. The second kappa shape index (κ2) is 9.92. The molecule has 1 aromatic heterocycles. The number of nitrogen functional groups attached to an aromatic ring is 1. The van der Waals surface area contributed by atoms with Crippen LogP contribution in [0.4, 0.5) is 23.3 Å². The Balaban J connectivity index is 1.40. The standard InChI is InChI=1S/C23H23ClN6O4/c1-13-3-6-16(7-4-13)26-23-28-19(27-22(25)29-23)12-34-21(32)14-9-20(31)30(11-14)17-10-15(24)5-8-18(17)33-2/h3-8,10,14H,9,11-12H2,1-2H3,(H3,25,26,27,28,29)/t14-/m0/s1. The zero-order valence-electron chi connectivity index (χ0n) is 18.6. The van der Waals surface area contributed by atoms with Crippen LogP contribution < -0.4 is 20.7 Å². The van der Waals surface area contributed by atoms with Crippen molar-refractivity contribution < 1.29 is 19.1 Å². The quantitative estimate of drug-likeness (QED) is 0.486. The fourth-order valence-electron chi connectivity index (χ4n) is 3.55. The highest BCUT2D eigenvalue weighted by Crippen LogP contribution is 2.35. The number of anilines is 4. The topological polar surface area (TPSA) is 133 Å². The van der Waals surface area contributed by atoms with Gasteiger partial charge in [-0.25, -0.2) is 0 Å². The summed E-state index contributed by atoms with van der Waals surface area (Å²) in [5.41, 5.74) is 8.19. The molecule has 34 heavy (non-hydrogen) atoms. The second-order valence-corrected chi connectivity index (χ2v) is 8.19. The molecule has 1 atom stereocenters. The van der Waals surface area contributed by atoms with Crippen LogP contribution in [0.2, 0.25) is 5.02 Å². The molecule has 2 aromatic carbocycles. The Labute approximate surface area is 201 Å². The number of carbonyl (C=O) groups is 2. The zero-order valence-corrected chi connectivity index (χ0v) is 19.4. The predicted octanol–water partition coefficient (Wildman–Crippen LogP) is 3.26. The first-order valence-electron chi connectivity index (χ1n) is 10.5. The van der Waals surface area contributed by atoms with Gasteiger partial charge in [0.15, 0.2) is 12.4 Å². The molecule has 2 heterocycles. The summed E-state index contributed by atoms with van der Waals surface area (Å²) in [4.78, 5) is 39.1. The molecule has 10 nitrogen and oxygen atoms in total. The van der Waals surface area contributed by atoms with Gasteiger partial charge >= 0.3 is 5.97 Å². The highest BCUT2D eigenvalue weighted by atomic mass is 35.5. The Bertz CT molecular complexity index is 1220. The fraction of sp³-hybridized carbons (Fsp3) is 0.261. The Kier molecular flexibility index (Phi) is 6.78. The number of rotatable bonds is 7. The van der Waals surface area contributed by atoms with Gasteiger partial charge in [-0.15, -0.1) is 0 Å². The number of nitrogens with two attached hydrogens (primary N) is 1. The molecule has 0 bridgehead atoms. The number of halogens is 1. The number of nitrogens with one attached hydrogen (secondary N) is 1. The maximum Gasteiger partial charge on any atom is 0.311 e. The molecule has 4 rings (SSSR count). The molecule has 1 fully saturated rings. The van der Waals surface area contributed by atoms with Crippen molar-refractivity contribution in [3.05, 3.63) is 58.9 Å². The van der Waals surface area contributed by atoms with Crippen molar-refractivity contribution in [2.45, 2.75) is 20.0 Å². The van der Waals surface area contributed by atoms with Crippen LogP contribution in [0.15, 0.2) is 42.5 Å². The number of hydrogen-bond donors (Lipinski definition) is 2. The first-order valence-corrected chi connectivity index (χ1v) is 10.8. The average Bonchev–Trinajstić information content (AvgIpc) is 3.20. The van der Waals surface area contributed by atoms with Crippen molar-refractivity contribution >= 4 is 46.7 Å². The lowest BCUT2D eigenvalue weighted by Gasteiger charge is -2.19. The van der Waals surface area contributed by atoms with E-state index in [0.29, 0.717) is 16.5 Å². The second-order valence-electron chi connectivity index (χ2n) is 7.75. The van der Waals surface area contributed by atoms with Gasteiger partial charge in [-0.3, -0.25) is 9.59 Å². The fourth-order valence-corrected chi connectivity index (χ4v) is 3.72. The predicted molar refractivity (Wildman–Crippen MR) is 127 cm³/mol. The molecule has 0 unspecified atom stereocenters. The molecule has 1 amide bonds. The summed E-state index contributed by atoms with van der Waals surface area (Å²) in [6.07, 6.45) is 0.00801. The number of aryl methyl sites for hydroxylation is 1. The van der Waals surface area contributed by atoms with Gasteiger partial charge in [-0.05, 0) is 37.3 Å². The molecule has 0 saturated carbocycles. The van der Waals surface area contributed by atoms with Gasteiger partial charge in [0.25, 0.3) is 0 Å². The van der Waals surface area contributed by atoms with Crippen LogP contribution in [-0.4, -0.2) is 40.5 Å². The lowest BCUT2D eigenvalue weighted by Crippen LogP contribution is -2.27. The summed E-state index contributed by atoms with van der Waals surface area (Å²) in [5.74, 6) is -0.515. The molecule has 1 aliphatic rings. The molecule has 0 aliphatic carbocycles.